The molecule has 4 rings (SSSR count). The summed E-state index contributed by atoms with van der Waals surface area (Å²) in [6, 6.07) is 19.6. The molecule has 4 aromatic rings. The Morgan fingerprint density at radius 3 is 2.64 bits per heavy atom. The van der Waals surface area contributed by atoms with Gasteiger partial charge in [-0.25, -0.2) is 14.7 Å². The Bertz CT molecular complexity index is 1350. The highest BCUT2D eigenvalue weighted by Crippen LogP contribution is 2.34. The third-order valence-corrected chi connectivity index (χ3v) is 5.16. The van der Waals surface area contributed by atoms with Gasteiger partial charge in [-0.2, -0.15) is 5.10 Å². The fourth-order valence-corrected chi connectivity index (χ4v) is 3.53. The van der Waals surface area contributed by atoms with Crippen molar-refractivity contribution in [1.29, 1.82) is 0 Å². The molecule has 0 bridgehead atoms. The zero-order valence-electron chi connectivity index (χ0n) is 19.0. The Labute approximate surface area is 192 Å². The van der Waals surface area contributed by atoms with Crippen molar-refractivity contribution in [2.75, 3.05) is 19.5 Å². The molecule has 0 atom stereocenters. The Morgan fingerprint density at radius 2 is 1.88 bits per heavy atom. The monoisotopic (exact) mass is 442 g/mol. The number of benzene rings is 3. The molecule has 168 valence electrons. The zero-order chi connectivity index (χ0) is 23.4. The predicted molar refractivity (Wildman–Crippen MR) is 134 cm³/mol. The molecule has 8 heteroatoms. The molecular weight excluding hydrogens is 416 g/mol. The highest BCUT2D eigenvalue weighted by atomic mass is 16.5. The minimum Gasteiger partial charge on any atom is -0.497 e. The number of nitrogens with one attached hydrogen (secondary N) is 1. The van der Waals surface area contributed by atoms with E-state index in [2.05, 4.69) is 28.3 Å². The number of rotatable bonds is 7. The summed E-state index contributed by atoms with van der Waals surface area (Å²) in [5, 5.41) is 9.41. The molecule has 33 heavy (non-hydrogen) atoms. The second kappa shape index (κ2) is 9.44. The predicted octanol–water partition coefficient (Wildman–Crippen LogP) is 5.13. The number of aryl methyl sites for hydroxylation is 1. The molecular formula is C25H26N6O2. The van der Waals surface area contributed by atoms with Crippen molar-refractivity contribution in [1.82, 2.24) is 9.78 Å². The van der Waals surface area contributed by atoms with Crippen LogP contribution in [0.2, 0.25) is 0 Å². The number of aliphatic imine (C=N–C) groups is 2. The SMILES string of the molecule is COc1cccc(-n2nc3c(Nc4ccc(N=CN=C(C)N)c(OC)c4)cccc3c2C)c1. The summed E-state index contributed by atoms with van der Waals surface area (Å²) >= 11 is 0. The van der Waals surface area contributed by atoms with Gasteiger partial charge in [-0.3, -0.25) is 0 Å². The third kappa shape index (κ3) is 4.64. The first-order valence-corrected chi connectivity index (χ1v) is 10.4. The van der Waals surface area contributed by atoms with Crippen molar-refractivity contribution in [3.05, 3.63) is 66.4 Å². The molecule has 0 aliphatic rings. The minimum atomic E-state index is 0.438. The summed E-state index contributed by atoms with van der Waals surface area (Å²) in [5.74, 6) is 1.84. The van der Waals surface area contributed by atoms with E-state index in [0.29, 0.717) is 17.3 Å². The molecule has 0 amide bonds. The third-order valence-electron chi connectivity index (χ3n) is 5.16. The molecule has 3 N–H and O–H groups in total. The molecule has 0 aliphatic heterocycles. The van der Waals surface area contributed by atoms with Crippen LogP contribution in [0.5, 0.6) is 11.5 Å². The van der Waals surface area contributed by atoms with Crippen molar-refractivity contribution in [3.63, 3.8) is 0 Å². The van der Waals surface area contributed by atoms with Crippen LogP contribution >= 0.6 is 0 Å². The number of amidine groups is 1. The van der Waals surface area contributed by atoms with Gasteiger partial charge in [0.2, 0.25) is 0 Å². The average Bonchev–Trinajstić information content (AvgIpc) is 3.17. The van der Waals surface area contributed by atoms with Crippen LogP contribution in [0.25, 0.3) is 16.6 Å². The molecule has 0 radical (unpaired) electrons. The van der Waals surface area contributed by atoms with Gasteiger partial charge in [0.15, 0.2) is 0 Å². The van der Waals surface area contributed by atoms with Crippen LogP contribution in [0.15, 0.2) is 70.6 Å². The van der Waals surface area contributed by atoms with Crippen LogP contribution in [0.4, 0.5) is 17.1 Å². The molecule has 8 nitrogen and oxygen atoms in total. The molecule has 3 aromatic carbocycles. The van der Waals surface area contributed by atoms with Gasteiger partial charge in [0.1, 0.15) is 29.0 Å². The van der Waals surface area contributed by atoms with Gasteiger partial charge in [-0.15, -0.1) is 0 Å². The number of hydrogen-bond donors (Lipinski definition) is 2. The van der Waals surface area contributed by atoms with E-state index in [1.807, 2.05) is 59.3 Å². The number of hydrogen-bond acceptors (Lipinski definition) is 5. The number of ether oxygens (including phenoxy) is 2. The number of aromatic nitrogens is 2. The summed E-state index contributed by atoms with van der Waals surface area (Å²) in [6.45, 7) is 3.76. The Balaban J connectivity index is 1.69. The maximum absolute atomic E-state index is 5.55. The summed E-state index contributed by atoms with van der Waals surface area (Å²) in [5.41, 5.74) is 10.8. The van der Waals surface area contributed by atoms with Crippen molar-refractivity contribution in [3.8, 4) is 17.2 Å². The second-order valence-electron chi connectivity index (χ2n) is 7.43. The first kappa shape index (κ1) is 21.9. The standard InChI is InChI=1S/C25H26N6O2/c1-16-21-9-6-10-23(25(21)30-31(16)19-7-5-8-20(14-19)32-3)29-18-11-12-22(24(13-18)33-4)28-15-27-17(2)26/h5-15,29H,1-4H3,(H2,26,27,28). The molecule has 0 aliphatic carbocycles. The number of nitrogens with zero attached hydrogens (tertiary/aromatic N) is 4. The summed E-state index contributed by atoms with van der Waals surface area (Å²) < 4.78 is 12.8. The summed E-state index contributed by atoms with van der Waals surface area (Å²) in [6.07, 6.45) is 1.41. The van der Waals surface area contributed by atoms with Crippen LogP contribution in [0.1, 0.15) is 12.6 Å². The van der Waals surface area contributed by atoms with E-state index in [4.69, 9.17) is 20.3 Å². The van der Waals surface area contributed by atoms with Gasteiger partial charge in [0, 0.05) is 28.9 Å². The molecule has 0 fully saturated rings. The number of nitrogens with two attached hydrogens (primary N) is 1. The highest BCUT2D eigenvalue weighted by Gasteiger charge is 2.13. The van der Waals surface area contributed by atoms with Crippen molar-refractivity contribution >= 4 is 40.1 Å². The van der Waals surface area contributed by atoms with Gasteiger partial charge in [-0.1, -0.05) is 18.2 Å². The quantitative estimate of drug-likeness (QED) is 0.305. The van der Waals surface area contributed by atoms with Crippen LogP contribution in [0, 0.1) is 6.92 Å². The molecule has 1 aromatic heterocycles. The van der Waals surface area contributed by atoms with Gasteiger partial charge in [-0.05, 0) is 44.2 Å². The molecule has 0 spiro atoms. The van der Waals surface area contributed by atoms with Crippen LogP contribution in [0.3, 0.4) is 0 Å². The lowest BCUT2D eigenvalue weighted by Crippen LogP contribution is -2.04. The molecule has 1 heterocycles. The van der Waals surface area contributed by atoms with E-state index in [9.17, 15) is 0 Å². The van der Waals surface area contributed by atoms with Gasteiger partial charge in [0.05, 0.1) is 31.4 Å². The topological polar surface area (TPSA) is 99.0 Å². The summed E-state index contributed by atoms with van der Waals surface area (Å²) in [4.78, 5) is 8.29. The Hall–Kier alpha value is -4.33. The maximum atomic E-state index is 5.55. The van der Waals surface area contributed by atoms with Crippen molar-refractivity contribution < 1.29 is 9.47 Å². The van der Waals surface area contributed by atoms with Crippen LogP contribution in [-0.2, 0) is 0 Å². The molecule has 0 saturated heterocycles. The van der Waals surface area contributed by atoms with Gasteiger partial charge in [0.25, 0.3) is 0 Å². The second-order valence-corrected chi connectivity index (χ2v) is 7.43. The fourth-order valence-electron chi connectivity index (χ4n) is 3.53. The minimum absolute atomic E-state index is 0.438. The first-order valence-electron chi connectivity index (χ1n) is 10.4. The molecule has 0 saturated carbocycles. The van der Waals surface area contributed by atoms with E-state index in [1.165, 1.54) is 6.34 Å². The Kier molecular flexibility index (Phi) is 6.26. The first-order chi connectivity index (χ1) is 16.0. The smallest absolute Gasteiger partial charge is 0.146 e. The van der Waals surface area contributed by atoms with E-state index in [0.717, 1.165) is 39.4 Å². The highest BCUT2D eigenvalue weighted by molar-refractivity contribution is 5.94. The van der Waals surface area contributed by atoms with Crippen molar-refractivity contribution in [2.24, 2.45) is 15.7 Å². The largest absolute Gasteiger partial charge is 0.497 e. The summed E-state index contributed by atoms with van der Waals surface area (Å²) in [7, 11) is 3.26. The maximum Gasteiger partial charge on any atom is 0.146 e. The number of methoxy groups -OCH3 is 2. The molecule has 0 unspecified atom stereocenters. The fraction of sp³-hybridized carbons (Fsp3) is 0.160. The van der Waals surface area contributed by atoms with E-state index in [1.54, 1.807) is 21.1 Å². The number of anilines is 2. The van der Waals surface area contributed by atoms with E-state index >= 15 is 0 Å². The van der Waals surface area contributed by atoms with Gasteiger partial charge >= 0.3 is 0 Å². The van der Waals surface area contributed by atoms with Gasteiger partial charge < -0.3 is 20.5 Å². The van der Waals surface area contributed by atoms with Crippen LogP contribution in [-0.4, -0.2) is 36.2 Å². The Morgan fingerprint density at radius 1 is 1.06 bits per heavy atom. The lowest BCUT2D eigenvalue weighted by Gasteiger charge is -2.10. The lowest BCUT2D eigenvalue weighted by molar-refractivity contribution is 0.414. The normalized spacial score (nSPS) is 11.8. The lowest BCUT2D eigenvalue weighted by atomic mass is 10.1. The average molecular weight is 443 g/mol. The zero-order valence-corrected chi connectivity index (χ0v) is 19.0. The number of fused-ring (bicyclic) bond motifs is 1. The van der Waals surface area contributed by atoms with E-state index < -0.39 is 0 Å². The van der Waals surface area contributed by atoms with Crippen LogP contribution < -0.4 is 20.5 Å². The van der Waals surface area contributed by atoms with Crippen molar-refractivity contribution in [2.45, 2.75) is 13.8 Å². The van der Waals surface area contributed by atoms with E-state index in [-0.39, 0.29) is 0 Å².